The zero-order chi connectivity index (χ0) is 99.5. The Bertz CT molecular complexity index is 4960. The number of aromatic nitrogens is 12. The molecule has 4 fully saturated rings. The van der Waals surface area contributed by atoms with Crippen molar-refractivity contribution in [1.82, 2.24) is 58.6 Å². The number of hydrogen-bond donors (Lipinski definition) is 10. The predicted octanol–water partition coefficient (Wildman–Crippen LogP) is 10.4. The average molecular weight is 1950 g/mol. The van der Waals surface area contributed by atoms with Gasteiger partial charge in [0.15, 0.2) is 41.0 Å². The standard InChI is InChI=1S/C21H36N5O8P.C21H36N5O7PS.C21H38N3O8P.C21H37N3O5/c1-20(2,3)10-12-14(33-35(28,29)34-21(4,5)6)15(31-9-8-30-7)18(32-12)26-11-23-13-16(26)24-19(22)25-17(13)27;1-20(2,3)10-12-14(32-34(28,35)33-21(4,5)6)15(30-9-8-29-7)18(31-12)26-11-23-13-16(26)24-19(22)25-17(13)27;1-13-12-24(19(25)23-17(13)22)18-16(29-10-9-28-8)15(14(30-18)11-20(2,3)4)31-33(26,27)32-21(5,6)7;1-12-14(23-19(25)24-18(12)22)16-17(27-10-9-26-8)15(29-21(5,6)7)13(28-16)11-20(2,3)4/h11-12,14-15,18H,8-10H2,1-7H3,(H,28,29)(H3,22,24,25,27);11-12,14-15,18H,8-10H2,1-7H3,(H,28,35)(H3,22,24,25,27);12,14-16,18H,9-11H2,1-8H3,(H,26,27)(H2,22,23,25);13,15-17H,9-11H2,1-8H3,(H3,22,23,24,25)/t12-,14+,15?,18-;12-,14+,15?,18-,34?;14-,15+,16?,18-;13-,15+,16+,17?/m1111/s1. The summed E-state index contributed by atoms with van der Waals surface area (Å²) >= 11 is 5.35. The first-order chi connectivity index (χ1) is 60.5. The van der Waals surface area contributed by atoms with E-state index in [0.29, 0.717) is 55.9 Å². The molecule has 7 unspecified atom stereocenters. The first-order valence-electron chi connectivity index (χ1n) is 43.6. The molecule has 10 heterocycles. The van der Waals surface area contributed by atoms with E-state index in [0.717, 1.165) is 6.42 Å². The molecule has 0 aliphatic carbocycles. The molecule has 4 aliphatic rings. The van der Waals surface area contributed by atoms with Crippen LogP contribution in [0.4, 0.5) is 23.5 Å². The SMILES string of the molecule is COCCOC1[C@@H](OC(C)(C)C)[C@@H](CC(C)(C)C)O[C@H]1c1[nH]c(=O)nc(N)c1C.COCCOC1[C@@H](OP(=O)(O)OC(C)(C)C)[C@@H](CC(C)(C)C)O[C@H]1n1cc(C)c(N)nc1=O.COCCOC1[C@@H](OP(=O)(O)OC(C)(C)C)[C@@H](CC(C)(C)C)O[C@H]1n1cnc2c(=O)[nH]c(N)nc21.COCCOC1[C@@H](OP(O)(=S)OC(C)(C)C)[C@@H](CC(C)(C)C)O[C@H]1n1cnc2c(=O)[nH]c(N)nc21. The van der Waals surface area contributed by atoms with E-state index >= 15 is 0 Å². The van der Waals surface area contributed by atoms with E-state index in [1.807, 2.05) is 69.2 Å². The largest absolute Gasteiger partial charge is 0.473 e. The Labute approximate surface area is 776 Å². The van der Waals surface area contributed by atoms with Gasteiger partial charge in [-0.3, -0.25) is 55.9 Å². The van der Waals surface area contributed by atoms with E-state index in [2.05, 4.69) is 86.4 Å². The molecule has 0 radical (unpaired) electrons. The van der Waals surface area contributed by atoms with Gasteiger partial charge >= 0.3 is 33.7 Å². The smallest absolute Gasteiger partial charge is 0.383 e. The molecule has 0 spiro atoms. The van der Waals surface area contributed by atoms with Gasteiger partial charge in [0, 0.05) is 45.8 Å². The van der Waals surface area contributed by atoms with Gasteiger partial charge in [0.25, 0.3) is 11.1 Å². The van der Waals surface area contributed by atoms with Gasteiger partial charge in [0.05, 0.1) is 118 Å². The van der Waals surface area contributed by atoms with Crippen LogP contribution in [0.25, 0.3) is 22.3 Å². The maximum absolute atomic E-state index is 12.9. The van der Waals surface area contributed by atoms with Gasteiger partial charge in [0.2, 0.25) is 11.9 Å². The number of nitrogens with two attached hydrogens (primary N) is 4. The number of anilines is 4. The van der Waals surface area contributed by atoms with E-state index in [1.165, 1.54) is 42.2 Å². The molecule has 14 N–H and O–H groups in total. The van der Waals surface area contributed by atoms with Crippen LogP contribution in [0.3, 0.4) is 0 Å². The number of aromatic amines is 3. The highest BCUT2D eigenvalue weighted by atomic mass is 32.5. The zero-order valence-electron chi connectivity index (χ0n) is 82.1. The highest BCUT2D eigenvalue weighted by molar-refractivity contribution is 8.07. The molecule has 752 valence electrons. The number of ether oxygens (including phenoxy) is 13. The van der Waals surface area contributed by atoms with Gasteiger partial charge in [-0.15, -0.1) is 0 Å². The Morgan fingerprint density at radius 3 is 1.11 bits per heavy atom. The van der Waals surface area contributed by atoms with Gasteiger partial charge in [-0.05, 0) is 156 Å². The second kappa shape index (κ2) is 45.7. The average Bonchev–Trinajstić information content (AvgIpc) is 1.61. The minimum Gasteiger partial charge on any atom is -0.383 e. The van der Waals surface area contributed by atoms with Crippen molar-refractivity contribution in [3.05, 3.63) is 77.3 Å². The summed E-state index contributed by atoms with van der Waals surface area (Å²) in [5.74, 6) is 0.165. The Hall–Kier alpha value is -6.11. The van der Waals surface area contributed by atoms with Gasteiger partial charge in [-0.25, -0.2) is 28.7 Å². The van der Waals surface area contributed by atoms with Crippen molar-refractivity contribution in [3.63, 3.8) is 0 Å². The maximum atomic E-state index is 12.9. The monoisotopic (exact) mass is 1950 g/mol. The number of H-pyrrole nitrogens is 3. The molecule has 0 amide bonds. The Morgan fingerprint density at radius 2 is 0.765 bits per heavy atom. The molecule has 19 atom stereocenters. The Balaban J connectivity index is 0.000000241. The fraction of sp³-hybridized carbons (Fsp3) is 0.786. The highest BCUT2D eigenvalue weighted by Crippen LogP contribution is 2.57. The molecule has 6 aromatic heterocycles. The minimum absolute atomic E-state index is 0.0237. The number of nitrogens with one attached hydrogen (secondary N) is 3. The molecule has 44 nitrogen and oxygen atoms in total. The minimum atomic E-state index is -4.52. The number of nitrogen functional groups attached to an aromatic ring is 4. The second-order valence-electron chi connectivity index (χ2n) is 41.6. The number of imidazole rings is 2. The highest BCUT2D eigenvalue weighted by Gasteiger charge is 2.57. The van der Waals surface area contributed by atoms with Crippen LogP contribution >= 0.6 is 22.4 Å². The quantitative estimate of drug-likeness (QED) is 0.0132. The third-order valence-electron chi connectivity index (χ3n) is 19.7. The van der Waals surface area contributed by atoms with Crippen LogP contribution in [0.2, 0.25) is 0 Å². The van der Waals surface area contributed by atoms with Crippen molar-refractivity contribution in [3.8, 4) is 0 Å². The van der Waals surface area contributed by atoms with Crippen LogP contribution in [0, 0.1) is 35.5 Å². The van der Waals surface area contributed by atoms with Gasteiger partial charge in [0.1, 0.15) is 66.6 Å². The molecule has 0 bridgehead atoms. The van der Waals surface area contributed by atoms with E-state index in [-0.39, 0.29) is 118 Å². The normalized spacial score (nSPS) is 25.5. The lowest BCUT2D eigenvalue weighted by Gasteiger charge is -2.33. The lowest BCUT2D eigenvalue weighted by atomic mass is 9.86. The maximum Gasteiger partial charge on any atom is 0.473 e. The van der Waals surface area contributed by atoms with Crippen LogP contribution in [-0.4, -0.2) is 250 Å². The number of methoxy groups -OCH3 is 4. The number of aryl methyl sites for hydroxylation is 1. The molecule has 132 heavy (non-hydrogen) atoms. The van der Waals surface area contributed by atoms with Crippen molar-refractivity contribution in [1.29, 1.82) is 0 Å². The first-order valence-corrected chi connectivity index (χ1v) is 49.2. The molecular weight excluding hydrogens is 1810 g/mol. The van der Waals surface area contributed by atoms with Gasteiger partial charge in [-0.2, -0.15) is 19.9 Å². The summed E-state index contributed by atoms with van der Waals surface area (Å²) in [4.78, 5) is 113. The molecule has 6 aromatic rings. The summed E-state index contributed by atoms with van der Waals surface area (Å²) in [6.07, 6.45) is -4.68. The zero-order valence-corrected chi connectivity index (χ0v) is 85.6. The number of nitrogens with zero attached hydrogens (tertiary/aromatic N) is 9. The topological polar surface area (TPSA) is 582 Å². The number of rotatable bonds is 34. The summed E-state index contributed by atoms with van der Waals surface area (Å²) < 4.78 is 141. The van der Waals surface area contributed by atoms with Crippen LogP contribution in [0.5, 0.6) is 0 Å². The third kappa shape index (κ3) is 34.2. The number of phosphoric ester groups is 2. The molecule has 0 aromatic carbocycles. The molecule has 48 heteroatoms. The summed E-state index contributed by atoms with van der Waals surface area (Å²) in [5, 5.41) is 0. The molecule has 0 saturated carbocycles. The van der Waals surface area contributed by atoms with Crippen molar-refractivity contribution in [2.24, 2.45) is 21.7 Å². The van der Waals surface area contributed by atoms with E-state index in [4.69, 9.17) is 123 Å². The van der Waals surface area contributed by atoms with Crippen LogP contribution in [0.15, 0.2) is 38.0 Å². The van der Waals surface area contributed by atoms with Crippen molar-refractivity contribution < 1.29 is 113 Å². The van der Waals surface area contributed by atoms with Crippen molar-refractivity contribution in [2.45, 2.75) is 326 Å². The summed E-state index contributed by atoms with van der Waals surface area (Å²) in [6, 6.07) is 0. The first kappa shape index (κ1) is 113. The summed E-state index contributed by atoms with van der Waals surface area (Å²) in [5.41, 5.74) is 20.1. The van der Waals surface area contributed by atoms with Crippen LogP contribution in [0.1, 0.15) is 233 Å². The number of hydrogen-bond acceptors (Lipinski definition) is 36. The van der Waals surface area contributed by atoms with E-state index in [1.54, 1.807) is 88.0 Å². The Kier molecular flexibility index (Phi) is 39.0. The van der Waals surface area contributed by atoms with Crippen molar-refractivity contribution in [2.75, 3.05) is 104 Å². The fourth-order valence-corrected chi connectivity index (χ4v) is 19.8. The molecule has 10 rings (SSSR count). The Morgan fingerprint density at radius 1 is 0.424 bits per heavy atom. The second-order valence-corrected chi connectivity index (χ2v) is 47.0. The summed E-state index contributed by atoms with van der Waals surface area (Å²) in [6.45, 7) is 48.1. The molecule has 4 aliphatic heterocycles. The lowest BCUT2D eigenvalue weighted by Crippen LogP contribution is -2.42. The van der Waals surface area contributed by atoms with Crippen LogP contribution in [-0.2, 0) is 110 Å². The summed E-state index contributed by atoms with van der Waals surface area (Å²) in [7, 11) is -2.77. The third-order valence-corrected chi connectivity index (χ3v) is 24.0. The predicted molar refractivity (Wildman–Crippen MR) is 497 cm³/mol. The van der Waals surface area contributed by atoms with Crippen LogP contribution < -0.4 is 45.4 Å². The van der Waals surface area contributed by atoms with Gasteiger partial charge < -0.3 is 109 Å². The van der Waals surface area contributed by atoms with E-state index < -0.39 is 147 Å². The van der Waals surface area contributed by atoms with Gasteiger partial charge in [-0.1, -0.05) is 83.1 Å². The van der Waals surface area contributed by atoms with E-state index in [9.17, 15) is 43.0 Å². The molecular formula is C84H147N16O28P3S. The molecule has 4 saturated heterocycles. The number of fused-ring (bicyclic) bond motifs is 2. The number of phosphoric acid groups is 2. The lowest BCUT2D eigenvalue weighted by molar-refractivity contribution is -0.132. The fourth-order valence-electron chi connectivity index (χ4n) is 15.0. The van der Waals surface area contributed by atoms with Crippen molar-refractivity contribution >= 4 is 80.0 Å².